The van der Waals surface area contributed by atoms with Gasteiger partial charge < -0.3 is 25.4 Å². The molecular formula is C20H29F3N4O3. The Bertz CT molecular complexity index is 711. The molecule has 2 aliphatic rings. The number of nitrogens with zero attached hydrogens (tertiary/aromatic N) is 2. The first-order valence-electron chi connectivity index (χ1n) is 10.3. The van der Waals surface area contributed by atoms with Crippen LogP contribution in [0.15, 0.2) is 24.3 Å². The van der Waals surface area contributed by atoms with Crippen molar-refractivity contribution in [2.24, 2.45) is 0 Å². The second-order valence-corrected chi connectivity index (χ2v) is 7.70. The molecule has 3 N–H and O–H groups in total. The maximum absolute atomic E-state index is 12.9. The van der Waals surface area contributed by atoms with Gasteiger partial charge >= 0.3 is 12.2 Å². The Hall–Kier alpha value is -2.04. The van der Waals surface area contributed by atoms with E-state index in [9.17, 15) is 23.1 Å². The van der Waals surface area contributed by atoms with Crippen molar-refractivity contribution in [3.8, 4) is 0 Å². The molecule has 10 heteroatoms. The Morgan fingerprint density at radius 1 is 1.27 bits per heavy atom. The molecule has 7 nitrogen and oxygen atoms in total. The quantitative estimate of drug-likeness (QED) is 0.640. The summed E-state index contributed by atoms with van der Waals surface area (Å²) in [5, 5.41) is 15.9. The predicted molar refractivity (Wildman–Crippen MR) is 106 cm³/mol. The minimum absolute atomic E-state index is 0.246. The Labute approximate surface area is 174 Å². The van der Waals surface area contributed by atoms with Crippen molar-refractivity contribution < 1.29 is 27.8 Å². The highest BCUT2D eigenvalue weighted by Crippen LogP contribution is 2.32. The number of carbonyl (C=O) groups is 1. The molecule has 2 fully saturated rings. The number of benzene rings is 1. The van der Waals surface area contributed by atoms with Crippen molar-refractivity contribution in [2.45, 2.75) is 37.8 Å². The molecule has 0 aromatic heterocycles. The third kappa shape index (κ3) is 5.77. The summed E-state index contributed by atoms with van der Waals surface area (Å²) >= 11 is 0. The zero-order valence-corrected chi connectivity index (χ0v) is 17.0. The van der Waals surface area contributed by atoms with Gasteiger partial charge in [-0.25, -0.2) is 4.79 Å². The number of alkyl halides is 3. The second kappa shape index (κ2) is 9.84. The van der Waals surface area contributed by atoms with Crippen LogP contribution in [0.25, 0.3) is 0 Å². The third-order valence-electron chi connectivity index (χ3n) is 5.48. The highest BCUT2D eigenvalue weighted by Gasteiger charge is 2.38. The first-order valence-corrected chi connectivity index (χ1v) is 10.3. The van der Waals surface area contributed by atoms with Crippen LogP contribution in [0.1, 0.15) is 18.9 Å². The summed E-state index contributed by atoms with van der Waals surface area (Å²) in [6.45, 7) is 5.75. The van der Waals surface area contributed by atoms with Gasteiger partial charge in [0.25, 0.3) is 0 Å². The van der Waals surface area contributed by atoms with Crippen molar-refractivity contribution in [1.82, 2.24) is 15.5 Å². The minimum Gasteiger partial charge on any atom is -0.388 e. The molecule has 1 aromatic rings. The SMILES string of the molecule is CCCNC(=O)NC1COC(CN2CCN(c3cccc(C(F)(F)F)c3)CC2)C1O. The topological polar surface area (TPSA) is 77.1 Å². The lowest BCUT2D eigenvalue weighted by Crippen LogP contribution is -2.52. The van der Waals surface area contributed by atoms with Crippen LogP contribution in [0.2, 0.25) is 0 Å². The molecule has 0 saturated carbocycles. The van der Waals surface area contributed by atoms with Crippen LogP contribution in [-0.2, 0) is 10.9 Å². The first-order chi connectivity index (χ1) is 14.3. The molecule has 2 aliphatic heterocycles. The molecule has 2 heterocycles. The standard InChI is InChI=1S/C20H29F3N4O3/c1-2-6-24-19(29)25-16-13-30-17(18(16)28)12-26-7-9-27(10-8-26)15-5-3-4-14(11-15)20(21,22)23/h3-5,11,16-18,28H,2,6-10,12-13H2,1H3,(H2,24,25,29). The number of nitrogens with one attached hydrogen (secondary N) is 2. The fourth-order valence-electron chi connectivity index (χ4n) is 3.75. The largest absolute Gasteiger partial charge is 0.416 e. The van der Waals surface area contributed by atoms with E-state index in [0.717, 1.165) is 12.5 Å². The number of urea groups is 1. The molecule has 168 valence electrons. The van der Waals surface area contributed by atoms with Gasteiger partial charge in [0.2, 0.25) is 0 Å². The second-order valence-electron chi connectivity index (χ2n) is 7.70. The Morgan fingerprint density at radius 3 is 2.67 bits per heavy atom. The third-order valence-corrected chi connectivity index (χ3v) is 5.48. The van der Waals surface area contributed by atoms with E-state index >= 15 is 0 Å². The summed E-state index contributed by atoms with van der Waals surface area (Å²) in [5.74, 6) is 0. The van der Waals surface area contributed by atoms with Crippen molar-refractivity contribution in [3.05, 3.63) is 29.8 Å². The molecule has 3 rings (SSSR count). The van der Waals surface area contributed by atoms with Crippen LogP contribution in [0.3, 0.4) is 0 Å². The molecule has 0 bridgehead atoms. The van der Waals surface area contributed by atoms with Gasteiger partial charge in [0.05, 0.1) is 24.3 Å². The predicted octanol–water partition coefficient (Wildman–Crippen LogP) is 1.66. The summed E-state index contributed by atoms with van der Waals surface area (Å²) in [4.78, 5) is 15.8. The molecule has 0 spiro atoms. The number of aliphatic hydroxyl groups is 1. The number of anilines is 1. The number of halogens is 3. The van der Waals surface area contributed by atoms with Gasteiger partial charge in [-0.3, -0.25) is 4.90 Å². The monoisotopic (exact) mass is 430 g/mol. The average Bonchev–Trinajstić information content (AvgIpc) is 3.06. The number of carbonyl (C=O) groups excluding carboxylic acids is 1. The van der Waals surface area contributed by atoms with Crippen LogP contribution in [0.5, 0.6) is 0 Å². The molecule has 30 heavy (non-hydrogen) atoms. The Kier molecular flexibility index (Phi) is 7.43. The van der Waals surface area contributed by atoms with Gasteiger partial charge in [0, 0.05) is 45.0 Å². The summed E-state index contributed by atoms with van der Waals surface area (Å²) in [7, 11) is 0. The van der Waals surface area contributed by atoms with Crippen LogP contribution in [0, 0.1) is 0 Å². The molecular weight excluding hydrogens is 401 g/mol. The highest BCUT2D eigenvalue weighted by atomic mass is 19.4. The number of ether oxygens (including phenoxy) is 1. The zero-order chi connectivity index (χ0) is 21.7. The van der Waals surface area contributed by atoms with E-state index in [1.165, 1.54) is 12.1 Å². The smallest absolute Gasteiger partial charge is 0.388 e. The van der Waals surface area contributed by atoms with E-state index in [1.54, 1.807) is 6.07 Å². The number of aliphatic hydroxyl groups excluding tert-OH is 1. The number of rotatable bonds is 6. The summed E-state index contributed by atoms with van der Waals surface area (Å²) in [6.07, 6.45) is -4.75. The van der Waals surface area contributed by atoms with Gasteiger partial charge in [-0.05, 0) is 24.6 Å². The lowest BCUT2D eigenvalue weighted by molar-refractivity contribution is -0.137. The lowest BCUT2D eigenvalue weighted by atomic mass is 10.1. The number of hydrogen-bond acceptors (Lipinski definition) is 5. The van der Waals surface area contributed by atoms with Gasteiger partial charge in [-0.15, -0.1) is 0 Å². The normalized spacial score (nSPS) is 25.4. The maximum atomic E-state index is 12.9. The van der Waals surface area contributed by atoms with E-state index in [0.29, 0.717) is 45.0 Å². The molecule has 2 saturated heterocycles. The molecule has 2 amide bonds. The lowest BCUT2D eigenvalue weighted by Gasteiger charge is -2.37. The van der Waals surface area contributed by atoms with Crippen LogP contribution >= 0.6 is 0 Å². The van der Waals surface area contributed by atoms with Crippen LogP contribution < -0.4 is 15.5 Å². The molecule has 1 aromatic carbocycles. The van der Waals surface area contributed by atoms with E-state index in [4.69, 9.17) is 4.74 Å². The minimum atomic E-state index is -4.36. The fourth-order valence-corrected chi connectivity index (χ4v) is 3.75. The van der Waals surface area contributed by atoms with E-state index < -0.39 is 30.0 Å². The summed E-state index contributed by atoms with van der Waals surface area (Å²) in [5.41, 5.74) is -0.0876. The molecule has 0 radical (unpaired) electrons. The molecule has 3 unspecified atom stereocenters. The van der Waals surface area contributed by atoms with Gasteiger partial charge in [-0.1, -0.05) is 13.0 Å². The molecule has 3 atom stereocenters. The summed E-state index contributed by atoms with van der Waals surface area (Å²) < 4.78 is 44.5. The number of piperazine rings is 1. The van der Waals surface area contributed by atoms with E-state index in [2.05, 4.69) is 15.5 Å². The van der Waals surface area contributed by atoms with Crippen molar-refractivity contribution >= 4 is 11.7 Å². The first kappa shape index (κ1) is 22.6. The van der Waals surface area contributed by atoms with E-state index in [1.807, 2.05) is 11.8 Å². The van der Waals surface area contributed by atoms with Crippen molar-refractivity contribution in [2.75, 3.05) is 50.8 Å². The Morgan fingerprint density at radius 2 is 2.00 bits per heavy atom. The van der Waals surface area contributed by atoms with Crippen molar-refractivity contribution in [1.29, 1.82) is 0 Å². The Balaban J connectivity index is 1.47. The molecule has 0 aliphatic carbocycles. The highest BCUT2D eigenvalue weighted by molar-refractivity contribution is 5.74. The maximum Gasteiger partial charge on any atom is 0.416 e. The van der Waals surface area contributed by atoms with Gasteiger partial charge in [0.15, 0.2) is 0 Å². The van der Waals surface area contributed by atoms with E-state index in [-0.39, 0.29) is 12.6 Å². The number of amides is 2. The number of hydrogen-bond donors (Lipinski definition) is 3. The van der Waals surface area contributed by atoms with Gasteiger partial charge in [0.1, 0.15) is 6.10 Å². The van der Waals surface area contributed by atoms with Crippen LogP contribution in [-0.4, -0.2) is 80.2 Å². The fraction of sp³-hybridized carbons (Fsp3) is 0.650. The van der Waals surface area contributed by atoms with Crippen LogP contribution in [0.4, 0.5) is 23.7 Å². The average molecular weight is 430 g/mol. The van der Waals surface area contributed by atoms with Gasteiger partial charge in [-0.2, -0.15) is 13.2 Å². The van der Waals surface area contributed by atoms with Crippen molar-refractivity contribution in [3.63, 3.8) is 0 Å². The zero-order valence-electron chi connectivity index (χ0n) is 17.0. The summed E-state index contributed by atoms with van der Waals surface area (Å²) in [6, 6.07) is 4.59.